The van der Waals surface area contributed by atoms with E-state index in [4.69, 9.17) is 18.9 Å². The van der Waals surface area contributed by atoms with Gasteiger partial charge in [0.05, 0.1) is 32.0 Å². The molecule has 4 heteroatoms. The van der Waals surface area contributed by atoms with Crippen LogP contribution >= 0.6 is 0 Å². The van der Waals surface area contributed by atoms with Gasteiger partial charge < -0.3 is 18.9 Å². The van der Waals surface area contributed by atoms with E-state index in [1.807, 2.05) is 0 Å². The summed E-state index contributed by atoms with van der Waals surface area (Å²) in [6, 6.07) is 17.4. The van der Waals surface area contributed by atoms with Gasteiger partial charge in [0.25, 0.3) is 0 Å². The Morgan fingerprint density at radius 3 is 2.03 bits per heavy atom. The molecule has 0 saturated carbocycles. The molecule has 3 atom stereocenters. The fraction of sp³-hybridized carbons (Fsp3) is 0.571. The van der Waals surface area contributed by atoms with Gasteiger partial charge in [-0.3, -0.25) is 0 Å². The zero-order valence-corrected chi connectivity index (χ0v) is 19.5. The summed E-state index contributed by atoms with van der Waals surface area (Å²) < 4.78 is 21.9. The third kappa shape index (κ3) is 8.57. The van der Waals surface area contributed by atoms with Crippen LogP contribution in [0.2, 0.25) is 0 Å². The Labute approximate surface area is 193 Å². The van der Waals surface area contributed by atoms with Crippen molar-refractivity contribution < 1.29 is 18.9 Å². The second-order valence-electron chi connectivity index (χ2n) is 9.31. The summed E-state index contributed by atoms with van der Waals surface area (Å²) in [5.74, 6) is 1.70. The average molecular weight is 439 g/mol. The molecule has 2 aliphatic rings. The van der Waals surface area contributed by atoms with E-state index in [1.54, 1.807) is 0 Å². The summed E-state index contributed by atoms with van der Waals surface area (Å²) in [5.41, 5.74) is 3.91. The molecule has 4 nitrogen and oxygen atoms in total. The number of benzene rings is 2. The second kappa shape index (κ2) is 12.4. The molecule has 2 aliphatic heterocycles. The van der Waals surface area contributed by atoms with Gasteiger partial charge in [-0.2, -0.15) is 0 Å². The monoisotopic (exact) mass is 438 g/mol. The minimum atomic E-state index is 0.424. The van der Waals surface area contributed by atoms with Crippen molar-refractivity contribution in [2.24, 2.45) is 5.92 Å². The van der Waals surface area contributed by atoms with Crippen LogP contribution in [-0.4, -0.2) is 45.2 Å². The molecule has 0 radical (unpaired) electrons. The van der Waals surface area contributed by atoms with Crippen LogP contribution in [0.4, 0.5) is 0 Å². The first kappa shape index (κ1) is 23.3. The Hall–Kier alpha value is -1.88. The molecule has 0 amide bonds. The normalized spacial score (nSPS) is 20.2. The minimum Gasteiger partial charge on any atom is -0.493 e. The number of epoxide rings is 2. The third-order valence-electron chi connectivity index (χ3n) is 6.39. The molecule has 2 aromatic rings. The molecule has 0 spiro atoms. The van der Waals surface area contributed by atoms with Crippen molar-refractivity contribution in [2.45, 2.75) is 64.1 Å². The summed E-state index contributed by atoms with van der Waals surface area (Å²) >= 11 is 0. The third-order valence-corrected chi connectivity index (χ3v) is 6.39. The number of ether oxygens (including phenoxy) is 4. The van der Waals surface area contributed by atoms with E-state index in [2.05, 4.69) is 55.5 Å². The van der Waals surface area contributed by atoms with E-state index < -0.39 is 0 Å². The van der Waals surface area contributed by atoms with E-state index in [9.17, 15) is 0 Å². The topological polar surface area (TPSA) is 43.5 Å². The Morgan fingerprint density at radius 2 is 1.38 bits per heavy atom. The van der Waals surface area contributed by atoms with Gasteiger partial charge in [-0.1, -0.05) is 49.7 Å². The van der Waals surface area contributed by atoms with Crippen molar-refractivity contribution in [2.75, 3.05) is 33.0 Å². The highest BCUT2D eigenvalue weighted by molar-refractivity contribution is 5.64. The number of aryl methyl sites for hydroxylation is 1. The lowest BCUT2D eigenvalue weighted by Gasteiger charge is -2.12. The molecule has 3 unspecified atom stereocenters. The first-order chi connectivity index (χ1) is 15.8. The van der Waals surface area contributed by atoms with Gasteiger partial charge in [-0.25, -0.2) is 0 Å². The van der Waals surface area contributed by atoms with Crippen LogP contribution in [0.5, 0.6) is 5.75 Å². The van der Waals surface area contributed by atoms with Crippen LogP contribution in [0.15, 0.2) is 48.5 Å². The molecular weight excluding hydrogens is 400 g/mol. The summed E-state index contributed by atoms with van der Waals surface area (Å²) in [6.45, 7) is 6.66. The molecule has 174 valence electrons. The molecular formula is C28H38O4. The molecule has 2 heterocycles. The van der Waals surface area contributed by atoms with Gasteiger partial charge in [-0.05, 0) is 66.8 Å². The standard InChI is InChI=1S/C28H38O4/c1-22(5-3-17-29-18-15-27-20-31-27)4-2-6-23-7-9-24(10-8-23)25-11-13-26(14-12-25)30-19-16-28-21-32-28/h7-14,22,27-28H,2-6,15-21H2,1H3. The van der Waals surface area contributed by atoms with E-state index >= 15 is 0 Å². The molecule has 2 saturated heterocycles. The molecule has 2 aromatic carbocycles. The van der Waals surface area contributed by atoms with Gasteiger partial charge in [0.15, 0.2) is 0 Å². The summed E-state index contributed by atoms with van der Waals surface area (Å²) in [6.07, 6.45) is 9.06. The molecule has 2 fully saturated rings. The average Bonchev–Trinajstić information content (AvgIpc) is 3.73. The summed E-state index contributed by atoms with van der Waals surface area (Å²) in [5, 5.41) is 0. The second-order valence-corrected chi connectivity index (χ2v) is 9.31. The Kier molecular flexibility index (Phi) is 9.01. The van der Waals surface area contributed by atoms with Crippen molar-refractivity contribution in [3.8, 4) is 16.9 Å². The lowest BCUT2D eigenvalue weighted by Crippen LogP contribution is -2.03. The van der Waals surface area contributed by atoms with Crippen molar-refractivity contribution in [3.63, 3.8) is 0 Å². The van der Waals surface area contributed by atoms with E-state index in [0.717, 1.165) is 64.0 Å². The number of rotatable bonds is 16. The van der Waals surface area contributed by atoms with Crippen molar-refractivity contribution in [3.05, 3.63) is 54.1 Å². The Balaban J connectivity index is 1.09. The zero-order valence-electron chi connectivity index (χ0n) is 19.5. The fourth-order valence-electron chi connectivity index (χ4n) is 4.03. The predicted octanol–water partition coefficient (Wildman–Crippen LogP) is 6.07. The van der Waals surface area contributed by atoms with E-state index in [-0.39, 0.29) is 0 Å². The number of hydrogen-bond acceptors (Lipinski definition) is 4. The molecule has 32 heavy (non-hydrogen) atoms. The Bertz CT molecular complexity index is 778. The summed E-state index contributed by atoms with van der Waals surface area (Å²) in [7, 11) is 0. The van der Waals surface area contributed by atoms with Crippen LogP contribution in [0.1, 0.15) is 51.0 Å². The SMILES string of the molecule is CC(CCCOCCC1CO1)CCCc1ccc(-c2ccc(OCCC3CO3)cc2)cc1. The maximum atomic E-state index is 5.79. The van der Waals surface area contributed by atoms with Gasteiger partial charge in [0.1, 0.15) is 5.75 Å². The quantitative estimate of drug-likeness (QED) is 0.236. The van der Waals surface area contributed by atoms with Crippen LogP contribution < -0.4 is 4.74 Å². The first-order valence-corrected chi connectivity index (χ1v) is 12.4. The molecule has 0 aromatic heterocycles. The highest BCUT2D eigenvalue weighted by atomic mass is 16.6. The van der Waals surface area contributed by atoms with Crippen LogP contribution in [-0.2, 0) is 20.6 Å². The minimum absolute atomic E-state index is 0.424. The zero-order chi connectivity index (χ0) is 22.0. The van der Waals surface area contributed by atoms with Crippen LogP contribution in [0.25, 0.3) is 11.1 Å². The van der Waals surface area contributed by atoms with Crippen LogP contribution in [0, 0.1) is 5.92 Å². The smallest absolute Gasteiger partial charge is 0.119 e. The maximum Gasteiger partial charge on any atom is 0.119 e. The predicted molar refractivity (Wildman–Crippen MR) is 128 cm³/mol. The van der Waals surface area contributed by atoms with Gasteiger partial charge in [-0.15, -0.1) is 0 Å². The van der Waals surface area contributed by atoms with Crippen molar-refractivity contribution >= 4 is 0 Å². The van der Waals surface area contributed by atoms with Crippen molar-refractivity contribution in [1.29, 1.82) is 0 Å². The Morgan fingerprint density at radius 1 is 0.781 bits per heavy atom. The van der Waals surface area contributed by atoms with Gasteiger partial charge in [0, 0.05) is 19.6 Å². The molecule has 0 N–H and O–H groups in total. The molecule has 4 rings (SSSR count). The number of hydrogen-bond donors (Lipinski definition) is 0. The highest BCUT2D eigenvalue weighted by Crippen LogP contribution is 2.24. The fourth-order valence-corrected chi connectivity index (χ4v) is 4.03. The highest BCUT2D eigenvalue weighted by Gasteiger charge is 2.22. The van der Waals surface area contributed by atoms with E-state index in [0.29, 0.717) is 12.2 Å². The van der Waals surface area contributed by atoms with Crippen LogP contribution in [0.3, 0.4) is 0 Å². The summed E-state index contributed by atoms with van der Waals surface area (Å²) in [4.78, 5) is 0. The van der Waals surface area contributed by atoms with Gasteiger partial charge in [0.2, 0.25) is 0 Å². The lowest BCUT2D eigenvalue weighted by molar-refractivity contribution is 0.119. The largest absolute Gasteiger partial charge is 0.493 e. The molecule has 0 bridgehead atoms. The van der Waals surface area contributed by atoms with E-state index in [1.165, 1.54) is 42.4 Å². The molecule has 0 aliphatic carbocycles. The van der Waals surface area contributed by atoms with Crippen molar-refractivity contribution in [1.82, 2.24) is 0 Å². The lowest BCUT2D eigenvalue weighted by atomic mass is 9.96. The first-order valence-electron chi connectivity index (χ1n) is 12.4. The maximum absolute atomic E-state index is 5.79. The van der Waals surface area contributed by atoms with Gasteiger partial charge >= 0.3 is 0 Å².